The average molecular weight is 580 g/mol. The molecule has 0 bridgehead atoms. The van der Waals surface area contributed by atoms with E-state index in [2.05, 4.69) is 27.8 Å². The first-order chi connectivity index (χ1) is 17.7. The van der Waals surface area contributed by atoms with E-state index in [9.17, 15) is 14.4 Å². The number of benzene rings is 3. The molecule has 1 aliphatic heterocycles. The third-order valence-electron chi connectivity index (χ3n) is 5.71. The fourth-order valence-corrected chi connectivity index (χ4v) is 4.95. The fourth-order valence-electron chi connectivity index (χ4n) is 4.13. The van der Waals surface area contributed by atoms with Gasteiger partial charge in [0.15, 0.2) is 0 Å². The van der Waals surface area contributed by atoms with Crippen LogP contribution in [0.1, 0.15) is 27.8 Å². The van der Waals surface area contributed by atoms with E-state index in [1.807, 2.05) is 44.2 Å². The molecule has 3 aromatic carbocycles. The summed E-state index contributed by atoms with van der Waals surface area (Å²) in [5, 5.41) is 2.88. The number of amides is 4. The van der Waals surface area contributed by atoms with Crippen molar-refractivity contribution < 1.29 is 19.1 Å². The van der Waals surface area contributed by atoms with E-state index in [-0.39, 0.29) is 12.2 Å². The van der Waals surface area contributed by atoms with Gasteiger partial charge in [0, 0.05) is 10.6 Å². The minimum atomic E-state index is -0.783. The zero-order chi connectivity index (χ0) is 26.7. The number of aryl methyl sites for hydroxylation is 2. The van der Waals surface area contributed by atoms with Crippen LogP contribution in [-0.4, -0.2) is 17.8 Å². The molecule has 0 atom stereocenters. The van der Waals surface area contributed by atoms with Crippen molar-refractivity contribution in [3.05, 3.63) is 110 Å². The van der Waals surface area contributed by atoms with Crippen LogP contribution in [0.5, 0.6) is 5.75 Å². The Morgan fingerprint density at radius 1 is 1.03 bits per heavy atom. The van der Waals surface area contributed by atoms with Gasteiger partial charge in [0.1, 0.15) is 17.9 Å². The van der Waals surface area contributed by atoms with Gasteiger partial charge in [-0.2, -0.15) is 0 Å². The van der Waals surface area contributed by atoms with Crippen LogP contribution in [0.15, 0.2) is 77.3 Å². The topological polar surface area (TPSA) is 75.7 Å². The molecule has 3 aromatic rings. The lowest BCUT2D eigenvalue weighted by molar-refractivity contribution is -0.122. The van der Waals surface area contributed by atoms with Crippen molar-refractivity contribution in [2.24, 2.45) is 0 Å². The predicted molar refractivity (Wildman–Crippen MR) is 149 cm³/mol. The van der Waals surface area contributed by atoms with Crippen molar-refractivity contribution in [3.63, 3.8) is 0 Å². The quantitative estimate of drug-likeness (QED) is 0.192. The van der Waals surface area contributed by atoms with Crippen molar-refractivity contribution in [3.8, 4) is 5.75 Å². The Bertz CT molecular complexity index is 1440. The van der Waals surface area contributed by atoms with Gasteiger partial charge in [-0.25, -0.2) is 9.69 Å². The van der Waals surface area contributed by atoms with Gasteiger partial charge in [-0.3, -0.25) is 14.9 Å². The minimum Gasteiger partial charge on any atom is -0.487 e. The second kappa shape index (κ2) is 11.2. The number of carbonyl (C=O) groups is 3. The van der Waals surface area contributed by atoms with Gasteiger partial charge < -0.3 is 4.74 Å². The first-order valence-electron chi connectivity index (χ1n) is 11.5. The third-order valence-corrected chi connectivity index (χ3v) is 6.67. The molecule has 0 unspecified atom stereocenters. The highest BCUT2D eigenvalue weighted by molar-refractivity contribution is 9.10. The molecular weight excluding hydrogens is 556 g/mol. The maximum atomic E-state index is 13.3. The lowest BCUT2D eigenvalue weighted by Crippen LogP contribution is -2.54. The number of urea groups is 1. The standard InChI is InChI=1S/C29H24BrClN2O4/c1-4-7-20-13-19(15-24(30)26(20)37-16-21-8-5-6-9-25(21)31)14-23-27(34)32-29(36)33(28(23)35)22-11-17(2)10-18(3)12-22/h4-6,8-15H,1,7,16H2,2-3H3,(H,32,34,36)/b23-14+. The van der Waals surface area contributed by atoms with Crippen molar-refractivity contribution >= 4 is 57.1 Å². The van der Waals surface area contributed by atoms with Crippen LogP contribution in [0.2, 0.25) is 5.02 Å². The molecule has 6 nitrogen and oxygen atoms in total. The molecule has 1 aliphatic rings. The van der Waals surface area contributed by atoms with Gasteiger partial charge >= 0.3 is 6.03 Å². The molecular formula is C29H24BrClN2O4. The molecule has 8 heteroatoms. The number of nitrogens with zero attached hydrogens (tertiary/aromatic N) is 1. The number of nitrogens with one attached hydrogen (secondary N) is 1. The number of imide groups is 2. The van der Waals surface area contributed by atoms with Gasteiger partial charge in [0.05, 0.1) is 10.2 Å². The van der Waals surface area contributed by atoms with Crippen LogP contribution in [0.4, 0.5) is 10.5 Å². The Labute approximate surface area is 228 Å². The van der Waals surface area contributed by atoms with Crippen molar-refractivity contribution in [2.45, 2.75) is 26.9 Å². The summed E-state index contributed by atoms with van der Waals surface area (Å²) in [6.07, 6.45) is 3.69. The fraction of sp³-hybridized carbons (Fsp3) is 0.138. The van der Waals surface area contributed by atoms with Crippen LogP contribution < -0.4 is 15.0 Å². The maximum absolute atomic E-state index is 13.3. The Kier molecular flexibility index (Phi) is 7.95. The number of hydrogen-bond acceptors (Lipinski definition) is 4. The maximum Gasteiger partial charge on any atom is 0.335 e. The summed E-state index contributed by atoms with van der Waals surface area (Å²) >= 11 is 9.82. The first-order valence-corrected chi connectivity index (χ1v) is 12.6. The number of ether oxygens (including phenoxy) is 1. The van der Waals surface area contributed by atoms with Gasteiger partial charge in [-0.15, -0.1) is 6.58 Å². The zero-order valence-corrected chi connectivity index (χ0v) is 22.7. The largest absolute Gasteiger partial charge is 0.487 e. The highest BCUT2D eigenvalue weighted by Gasteiger charge is 2.37. The van der Waals surface area contributed by atoms with Crippen LogP contribution in [0, 0.1) is 13.8 Å². The summed E-state index contributed by atoms with van der Waals surface area (Å²) in [5.41, 5.74) is 4.26. The summed E-state index contributed by atoms with van der Waals surface area (Å²) in [6, 6.07) is 15.6. The number of rotatable bonds is 7. The van der Waals surface area contributed by atoms with E-state index < -0.39 is 17.8 Å². The monoisotopic (exact) mass is 578 g/mol. The van der Waals surface area contributed by atoms with Crippen molar-refractivity contribution in [1.82, 2.24) is 5.32 Å². The molecule has 37 heavy (non-hydrogen) atoms. The molecule has 1 fully saturated rings. The molecule has 0 spiro atoms. The van der Waals surface area contributed by atoms with Crippen LogP contribution in [0.3, 0.4) is 0 Å². The van der Waals surface area contributed by atoms with Gasteiger partial charge in [0.25, 0.3) is 11.8 Å². The van der Waals surface area contributed by atoms with Crippen LogP contribution in [0.25, 0.3) is 6.08 Å². The molecule has 0 radical (unpaired) electrons. The number of hydrogen-bond donors (Lipinski definition) is 1. The molecule has 0 aliphatic carbocycles. The molecule has 4 amide bonds. The van der Waals surface area contributed by atoms with Gasteiger partial charge in [0.2, 0.25) is 0 Å². The summed E-state index contributed by atoms with van der Waals surface area (Å²) in [5.74, 6) is -0.844. The van der Waals surface area contributed by atoms with Crippen molar-refractivity contribution in [2.75, 3.05) is 4.90 Å². The van der Waals surface area contributed by atoms with Crippen LogP contribution >= 0.6 is 27.5 Å². The van der Waals surface area contributed by atoms with Gasteiger partial charge in [-0.05, 0) is 94.9 Å². The summed E-state index contributed by atoms with van der Waals surface area (Å²) in [6.45, 7) is 7.83. The van der Waals surface area contributed by atoms with Crippen LogP contribution in [-0.2, 0) is 22.6 Å². The molecule has 188 valence electrons. The second-order valence-corrected chi connectivity index (χ2v) is 9.93. The van der Waals surface area contributed by atoms with Gasteiger partial charge in [-0.1, -0.05) is 41.9 Å². The molecule has 1 N–H and O–H groups in total. The number of allylic oxidation sites excluding steroid dienone is 1. The lowest BCUT2D eigenvalue weighted by Gasteiger charge is -2.27. The molecule has 0 saturated carbocycles. The summed E-state index contributed by atoms with van der Waals surface area (Å²) < 4.78 is 6.72. The van der Waals surface area contributed by atoms with E-state index in [4.69, 9.17) is 16.3 Å². The number of halogens is 2. The number of anilines is 1. The van der Waals surface area contributed by atoms with E-state index in [0.717, 1.165) is 27.2 Å². The molecule has 1 heterocycles. The molecule has 4 rings (SSSR count). The number of carbonyl (C=O) groups excluding carboxylic acids is 3. The zero-order valence-electron chi connectivity index (χ0n) is 20.3. The summed E-state index contributed by atoms with van der Waals surface area (Å²) in [7, 11) is 0. The minimum absolute atomic E-state index is 0.153. The highest BCUT2D eigenvalue weighted by Crippen LogP contribution is 2.34. The van der Waals surface area contributed by atoms with E-state index in [1.54, 1.807) is 30.3 Å². The van der Waals surface area contributed by atoms with E-state index in [0.29, 0.717) is 32.9 Å². The Morgan fingerprint density at radius 2 is 1.73 bits per heavy atom. The molecule has 1 saturated heterocycles. The Hall–Kier alpha value is -3.68. The Balaban J connectivity index is 1.69. The van der Waals surface area contributed by atoms with E-state index >= 15 is 0 Å². The smallest absolute Gasteiger partial charge is 0.335 e. The predicted octanol–water partition coefficient (Wildman–Crippen LogP) is 6.69. The van der Waals surface area contributed by atoms with Crippen molar-refractivity contribution in [1.29, 1.82) is 0 Å². The third kappa shape index (κ3) is 5.84. The lowest BCUT2D eigenvalue weighted by atomic mass is 10.0. The average Bonchev–Trinajstić information content (AvgIpc) is 2.82. The second-order valence-electron chi connectivity index (χ2n) is 8.67. The first kappa shape index (κ1) is 26.4. The normalized spacial score (nSPS) is 14.6. The SMILES string of the molecule is C=CCc1cc(/C=C2\C(=O)NC(=O)N(c3cc(C)cc(C)c3)C2=O)cc(Br)c1OCc1ccccc1Cl. The Morgan fingerprint density at radius 3 is 2.41 bits per heavy atom. The molecule has 0 aromatic heterocycles. The number of barbiturate groups is 1. The summed E-state index contributed by atoms with van der Waals surface area (Å²) in [4.78, 5) is 39.6. The van der Waals surface area contributed by atoms with E-state index in [1.165, 1.54) is 6.08 Å². The highest BCUT2D eigenvalue weighted by atomic mass is 79.9.